The van der Waals surface area contributed by atoms with Crippen molar-refractivity contribution in [1.82, 2.24) is 5.32 Å². The summed E-state index contributed by atoms with van der Waals surface area (Å²) in [6, 6.07) is 33.3. The van der Waals surface area contributed by atoms with Crippen LogP contribution in [0.3, 0.4) is 0 Å². The molecule has 1 aliphatic rings. The summed E-state index contributed by atoms with van der Waals surface area (Å²) in [5.74, 6) is 1.41. The zero-order valence-corrected chi connectivity index (χ0v) is 20.2. The van der Waals surface area contributed by atoms with Gasteiger partial charge in [-0.2, -0.15) is 0 Å². The van der Waals surface area contributed by atoms with Crippen LogP contribution in [0.25, 0.3) is 10.8 Å². The second-order valence-corrected chi connectivity index (χ2v) is 8.53. The lowest BCUT2D eigenvalue weighted by Gasteiger charge is -2.35. The van der Waals surface area contributed by atoms with Gasteiger partial charge >= 0.3 is 0 Å². The van der Waals surface area contributed by atoms with Gasteiger partial charge in [-0.3, -0.25) is 0 Å². The van der Waals surface area contributed by atoms with E-state index in [9.17, 15) is 0 Å². The largest absolute Gasteiger partial charge is 0.496 e. The lowest BCUT2D eigenvalue weighted by molar-refractivity contribution is 0.373. The van der Waals surface area contributed by atoms with Crippen LogP contribution in [0.15, 0.2) is 91.0 Å². The molecule has 0 saturated heterocycles. The first-order valence-corrected chi connectivity index (χ1v) is 11.2. The van der Waals surface area contributed by atoms with Gasteiger partial charge in [-0.15, -0.1) is 17.0 Å². The van der Waals surface area contributed by atoms with E-state index >= 15 is 0 Å². The van der Waals surface area contributed by atoms with E-state index in [0.29, 0.717) is 12.0 Å². The van der Waals surface area contributed by atoms with Crippen molar-refractivity contribution in [1.29, 1.82) is 0 Å². The quantitative estimate of drug-likeness (QED) is 0.320. The van der Waals surface area contributed by atoms with Crippen LogP contribution in [0.1, 0.15) is 34.6 Å². The Bertz CT molecular complexity index is 1190. The Morgan fingerprint density at radius 1 is 0.844 bits per heavy atom. The number of methoxy groups -OCH3 is 1. The summed E-state index contributed by atoms with van der Waals surface area (Å²) in [6.45, 7) is 0.824. The van der Waals surface area contributed by atoms with Gasteiger partial charge in [-0.1, -0.05) is 84.9 Å². The minimum absolute atomic E-state index is 0. The fourth-order valence-corrected chi connectivity index (χ4v) is 5.06. The topological polar surface area (TPSA) is 21.3 Å². The second kappa shape index (κ2) is 10.3. The summed E-state index contributed by atoms with van der Waals surface area (Å²) in [4.78, 5) is 0. The molecule has 0 heterocycles. The highest BCUT2D eigenvalue weighted by atomic mass is 79.9. The van der Waals surface area contributed by atoms with Crippen LogP contribution in [-0.4, -0.2) is 13.2 Å². The molecule has 1 N–H and O–H groups in total. The molecule has 5 rings (SSSR count). The maximum atomic E-state index is 5.56. The second-order valence-electron chi connectivity index (χ2n) is 8.53. The SMILES string of the molecule is Br.COc1ccccc1CN[C@H]1CCc2ccccc2[C@H]1Cc1ccc2ccccc2c1. The molecule has 0 amide bonds. The number of hydrogen-bond acceptors (Lipinski definition) is 2. The van der Waals surface area contributed by atoms with Crippen molar-refractivity contribution in [3.05, 3.63) is 113 Å². The Hall–Kier alpha value is -2.62. The van der Waals surface area contributed by atoms with E-state index in [0.717, 1.165) is 31.6 Å². The van der Waals surface area contributed by atoms with Crippen molar-refractivity contribution >= 4 is 27.8 Å². The monoisotopic (exact) mass is 487 g/mol. The number of aryl methyl sites for hydroxylation is 1. The molecule has 3 heteroatoms. The minimum Gasteiger partial charge on any atom is -0.496 e. The van der Waals surface area contributed by atoms with Gasteiger partial charge in [0, 0.05) is 24.1 Å². The molecule has 0 aliphatic heterocycles. The number of halogens is 1. The Morgan fingerprint density at radius 2 is 1.59 bits per heavy atom. The fraction of sp³-hybridized carbons (Fsp3) is 0.241. The lowest BCUT2D eigenvalue weighted by Crippen LogP contribution is -2.39. The normalized spacial score (nSPS) is 17.4. The van der Waals surface area contributed by atoms with Crippen LogP contribution in [-0.2, 0) is 19.4 Å². The van der Waals surface area contributed by atoms with E-state index in [-0.39, 0.29) is 17.0 Å². The molecular formula is C29H30BrNO. The Labute approximate surface area is 201 Å². The van der Waals surface area contributed by atoms with Crippen molar-refractivity contribution < 1.29 is 4.74 Å². The van der Waals surface area contributed by atoms with Gasteiger partial charge in [0.1, 0.15) is 5.75 Å². The van der Waals surface area contributed by atoms with Gasteiger partial charge < -0.3 is 10.1 Å². The van der Waals surface area contributed by atoms with E-state index in [2.05, 4.69) is 84.2 Å². The molecule has 2 atom stereocenters. The summed E-state index contributed by atoms with van der Waals surface area (Å²) in [7, 11) is 1.75. The maximum Gasteiger partial charge on any atom is 0.123 e. The summed E-state index contributed by atoms with van der Waals surface area (Å²) in [5.41, 5.74) is 5.63. The molecule has 1 aliphatic carbocycles. The standard InChI is InChI=1S/C29H29NO.BrH/c1-31-29-13-7-5-11-25(29)20-30-28-17-16-23-9-4-6-12-26(23)27(28)19-21-14-15-22-8-2-3-10-24(22)18-21;/h2-15,18,27-28,30H,16-17,19-20H2,1H3;1H/t27-,28+;/m1./s1. The molecule has 0 fully saturated rings. The first-order valence-electron chi connectivity index (χ1n) is 11.2. The van der Waals surface area contributed by atoms with Crippen LogP contribution in [0.4, 0.5) is 0 Å². The summed E-state index contributed by atoms with van der Waals surface area (Å²) in [5, 5.41) is 6.51. The Morgan fingerprint density at radius 3 is 2.47 bits per heavy atom. The summed E-state index contributed by atoms with van der Waals surface area (Å²) in [6.07, 6.45) is 3.34. The predicted octanol–water partition coefficient (Wildman–Crippen LogP) is 6.86. The molecule has 4 aromatic rings. The molecule has 164 valence electrons. The van der Waals surface area contributed by atoms with Gasteiger partial charge in [-0.25, -0.2) is 0 Å². The van der Waals surface area contributed by atoms with Crippen LogP contribution in [0.2, 0.25) is 0 Å². The van der Waals surface area contributed by atoms with Gasteiger partial charge in [0.25, 0.3) is 0 Å². The highest BCUT2D eigenvalue weighted by Gasteiger charge is 2.29. The number of benzene rings is 4. The van der Waals surface area contributed by atoms with Gasteiger partial charge in [0.2, 0.25) is 0 Å². The number of ether oxygens (including phenoxy) is 1. The van der Waals surface area contributed by atoms with Gasteiger partial charge in [-0.05, 0) is 52.8 Å². The third-order valence-electron chi connectivity index (χ3n) is 6.68. The number of hydrogen-bond donors (Lipinski definition) is 1. The van der Waals surface area contributed by atoms with Crippen molar-refractivity contribution in [2.45, 2.75) is 37.8 Å². The summed E-state index contributed by atoms with van der Waals surface area (Å²) < 4.78 is 5.56. The first kappa shape index (κ1) is 22.6. The van der Waals surface area contributed by atoms with Gasteiger partial charge in [0.15, 0.2) is 0 Å². The van der Waals surface area contributed by atoms with Crippen LogP contribution in [0, 0.1) is 0 Å². The highest BCUT2D eigenvalue weighted by Crippen LogP contribution is 2.35. The zero-order valence-electron chi connectivity index (χ0n) is 18.5. The lowest BCUT2D eigenvalue weighted by atomic mass is 9.76. The Kier molecular flexibility index (Phi) is 7.29. The first-order chi connectivity index (χ1) is 15.3. The molecule has 0 spiro atoms. The van der Waals surface area contributed by atoms with E-state index in [1.165, 1.54) is 33.0 Å². The van der Waals surface area contributed by atoms with Crippen LogP contribution in [0.5, 0.6) is 5.75 Å². The van der Waals surface area contributed by atoms with E-state index in [4.69, 9.17) is 4.74 Å². The molecule has 0 radical (unpaired) electrons. The van der Waals surface area contributed by atoms with E-state index in [1.54, 1.807) is 7.11 Å². The average Bonchev–Trinajstić information content (AvgIpc) is 2.83. The minimum atomic E-state index is 0. The molecule has 0 bridgehead atoms. The zero-order chi connectivity index (χ0) is 21.0. The van der Waals surface area contributed by atoms with Crippen LogP contribution < -0.4 is 10.1 Å². The number of para-hydroxylation sites is 1. The van der Waals surface area contributed by atoms with Crippen LogP contribution >= 0.6 is 17.0 Å². The fourth-order valence-electron chi connectivity index (χ4n) is 5.06. The van der Waals surface area contributed by atoms with Crippen molar-refractivity contribution in [2.75, 3.05) is 7.11 Å². The van der Waals surface area contributed by atoms with E-state index in [1.807, 2.05) is 12.1 Å². The number of rotatable bonds is 6. The molecule has 0 aromatic heterocycles. The van der Waals surface area contributed by atoms with Crippen molar-refractivity contribution in [3.8, 4) is 5.75 Å². The van der Waals surface area contributed by atoms with E-state index < -0.39 is 0 Å². The molecule has 32 heavy (non-hydrogen) atoms. The van der Waals surface area contributed by atoms with Crippen molar-refractivity contribution in [2.24, 2.45) is 0 Å². The smallest absolute Gasteiger partial charge is 0.123 e. The number of fused-ring (bicyclic) bond motifs is 2. The third-order valence-corrected chi connectivity index (χ3v) is 6.68. The highest BCUT2D eigenvalue weighted by molar-refractivity contribution is 8.93. The van der Waals surface area contributed by atoms with Gasteiger partial charge in [0.05, 0.1) is 7.11 Å². The maximum absolute atomic E-state index is 5.56. The number of nitrogens with one attached hydrogen (secondary N) is 1. The summed E-state index contributed by atoms with van der Waals surface area (Å²) >= 11 is 0. The molecule has 4 aromatic carbocycles. The molecule has 2 nitrogen and oxygen atoms in total. The molecule has 0 unspecified atom stereocenters. The average molecular weight is 488 g/mol. The predicted molar refractivity (Wildman–Crippen MR) is 139 cm³/mol. The molecule has 0 saturated carbocycles. The van der Waals surface area contributed by atoms with Crippen molar-refractivity contribution in [3.63, 3.8) is 0 Å². The Balaban J connectivity index is 0.00000245. The molecular weight excluding hydrogens is 458 g/mol. The third kappa shape index (κ3) is 4.74.